The van der Waals surface area contributed by atoms with Gasteiger partial charge < -0.3 is 4.74 Å². The van der Waals surface area contributed by atoms with Crippen LogP contribution in [0, 0.1) is 19.3 Å². The molecule has 4 aromatic rings. The lowest BCUT2D eigenvalue weighted by molar-refractivity contribution is 0.411. The standard InChI is InChI=1S/C26H25NO/c1-15-9-10-19-23-18(15)7-6-8-22(23)28-25-20-12-17(13-26(3,4)5)11-16(2)21(20)14-27-24(19)25/h6-12,14H,13H2,1-5H3. The van der Waals surface area contributed by atoms with Gasteiger partial charge in [0.2, 0.25) is 0 Å². The van der Waals surface area contributed by atoms with E-state index in [1.54, 1.807) is 0 Å². The molecule has 140 valence electrons. The van der Waals surface area contributed by atoms with Gasteiger partial charge in [-0.3, -0.25) is 4.98 Å². The van der Waals surface area contributed by atoms with Gasteiger partial charge in [0.15, 0.2) is 5.75 Å². The number of hydrogen-bond donors (Lipinski definition) is 0. The first-order valence-electron chi connectivity index (χ1n) is 9.95. The van der Waals surface area contributed by atoms with Crippen LogP contribution in [0.1, 0.15) is 37.5 Å². The van der Waals surface area contributed by atoms with Gasteiger partial charge in [-0.05, 0) is 59.9 Å². The molecule has 1 aliphatic rings. The first-order chi connectivity index (χ1) is 13.3. The lowest BCUT2D eigenvalue weighted by Crippen LogP contribution is -2.09. The number of fused-ring (bicyclic) bond motifs is 4. The predicted octanol–water partition coefficient (Wildman–Crippen LogP) is 7.37. The van der Waals surface area contributed by atoms with Crippen LogP contribution in [0.2, 0.25) is 0 Å². The molecule has 28 heavy (non-hydrogen) atoms. The molecule has 3 aromatic carbocycles. The quantitative estimate of drug-likeness (QED) is 0.309. The van der Waals surface area contributed by atoms with E-state index in [0.29, 0.717) is 0 Å². The summed E-state index contributed by atoms with van der Waals surface area (Å²) < 4.78 is 6.50. The zero-order chi connectivity index (χ0) is 19.6. The fraction of sp³-hybridized carbons (Fsp3) is 0.269. The highest BCUT2D eigenvalue weighted by molar-refractivity contribution is 6.08. The van der Waals surface area contributed by atoms with Crippen LogP contribution in [0.15, 0.2) is 48.7 Å². The zero-order valence-electron chi connectivity index (χ0n) is 17.2. The third-order valence-corrected chi connectivity index (χ3v) is 5.65. The highest BCUT2D eigenvalue weighted by Crippen LogP contribution is 2.49. The van der Waals surface area contributed by atoms with Crippen LogP contribution in [-0.2, 0) is 6.42 Å². The van der Waals surface area contributed by atoms with Crippen LogP contribution >= 0.6 is 0 Å². The highest BCUT2D eigenvalue weighted by Gasteiger charge is 2.24. The molecule has 0 saturated heterocycles. The Labute approximate surface area is 166 Å². The van der Waals surface area contributed by atoms with E-state index in [2.05, 4.69) is 77.1 Å². The summed E-state index contributed by atoms with van der Waals surface area (Å²) in [7, 11) is 0. The van der Waals surface area contributed by atoms with E-state index in [0.717, 1.165) is 29.0 Å². The zero-order valence-corrected chi connectivity index (χ0v) is 17.2. The molecule has 2 heteroatoms. The Kier molecular flexibility index (Phi) is 3.58. The second kappa shape index (κ2) is 5.81. The molecule has 0 radical (unpaired) electrons. The molecule has 1 aliphatic heterocycles. The van der Waals surface area contributed by atoms with Gasteiger partial charge >= 0.3 is 0 Å². The normalized spacial score (nSPS) is 12.9. The Morgan fingerprint density at radius 3 is 2.50 bits per heavy atom. The maximum atomic E-state index is 6.50. The highest BCUT2D eigenvalue weighted by atomic mass is 16.5. The van der Waals surface area contributed by atoms with Crippen LogP contribution in [0.5, 0.6) is 11.5 Å². The van der Waals surface area contributed by atoms with Gasteiger partial charge in [-0.1, -0.05) is 51.1 Å². The largest absolute Gasteiger partial charge is 0.454 e. The lowest BCUT2D eigenvalue weighted by atomic mass is 9.86. The van der Waals surface area contributed by atoms with Crippen molar-refractivity contribution in [3.05, 3.63) is 65.4 Å². The Hall–Kier alpha value is -2.87. The summed E-state index contributed by atoms with van der Waals surface area (Å²) in [5.74, 6) is 1.82. The number of benzene rings is 3. The average molecular weight is 367 g/mol. The summed E-state index contributed by atoms with van der Waals surface area (Å²) >= 11 is 0. The van der Waals surface area contributed by atoms with E-state index in [1.165, 1.54) is 38.4 Å². The number of hydrogen-bond acceptors (Lipinski definition) is 2. The molecule has 2 heterocycles. The van der Waals surface area contributed by atoms with Crippen molar-refractivity contribution >= 4 is 21.5 Å². The summed E-state index contributed by atoms with van der Waals surface area (Å²) in [6, 6.07) is 15.3. The number of rotatable bonds is 1. The van der Waals surface area contributed by atoms with Gasteiger partial charge in [0.25, 0.3) is 0 Å². The van der Waals surface area contributed by atoms with Crippen LogP contribution in [0.3, 0.4) is 0 Å². The molecule has 1 aromatic heterocycles. The fourth-order valence-corrected chi connectivity index (χ4v) is 4.47. The predicted molar refractivity (Wildman–Crippen MR) is 117 cm³/mol. The minimum atomic E-state index is 0.240. The fourth-order valence-electron chi connectivity index (χ4n) is 4.47. The monoisotopic (exact) mass is 367 g/mol. The minimum absolute atomic E-state index is 0.240. The molecule has 0 spiro atoms. The summed E-state index contributed by atoms with van der Waals surface area (Å²) in [5.41, 5.74) is 6.22. The first kappa shape index (κ1) is 17.2. The van der Waals surface area contributed by atoms with Crippen molar-refractivity contribution in [3.8, 4) is 22.8 Å². The summed E-state index contributed by atoms with van der Waals surface area (Å²) in [5, 5.41) is 4.73. The molecule has 0 atom stereocenters. The number of nitrogens with zero attached hydrogens (tertiary/aromatic N) is 1. The topological polar surface area (TPSA) is 22.1 Å². The molecular formula is C26H25NO. The van der Waals surface area contributed by atoms with E-state index < -0.39 is 0 Å². The summed E-state index contributed by atoms with van der Waals surface area (Å²) in [6.07, 6.45) is 3.04. The average Bonchev–Trinajstić information content (AvgIpc) is 2.62. The van der Waals surface area contributed by atoms with Gasteiger partial charge in [0.1, 0.15) is 11.4 Å². The van der Waals surface area contributed by atoms with E-state index in [1.807, 2.05) is 6.20 Å². The van der Waals surface area contributed by atoms with E-state index in [9.17, 15) is 0 Å². The molecule has 0 unspecified atom stereocenters. The minimum Gasteiger partial charge on any atom is -0.454 e. The molecule has 0 bridgehead atoms. The van der Waals surface area contributed by atoms with Crippen LogP contribution in [0.25, 0.3) is 32.8 Å². The first-order valence-corrected chi connectivity index (χ1v) is 9.95. The maximum Gasteiger partial charge on any atom is 0.161 e. The third-order valence-electron chi connectivity index (χ3n) is 5.65. The maximum absolute atomic E-state index is 6.50. The third kappa shape index (κ3) is 2.59. The van der Waals surface area contributed by atoms with E-state index >= 15 is 0 Å². The van der Waals surface area contributed by atoms with E-state index in [-0.39, 0.29) is 5.41 Å². The molecular weight excluding hydrogens is 342 g/mol. The summed E-state index contributed by atoms with van der Waals surface area (Å²) in [4.78, 5) is 4.84. The van der Waals surface area contributed by atoms with Crippen LogP contribution in [0.4, 0.5) is 0 Å². The molecule has 0 amide bonds. The lowest BCUT2D eigenvalue weighted by Gasteiger charge is -2.24. The van der Waals surface area contributed by atoms with Gasteiger partial charge in [0.05, 0.1) is 0 Å². The summed E-state index contributed by atoms with van der Waals surface area (Å²) in [6.45, 7) is 11.2. The Balaban J connectivity index is 1.82. The van der Waals surface area contributed by atoms with Crippen molar-refractivity contribution in [2.45, 2.75) is 41.0 Å². The van der Waals surface area contributed by atoms with Crippen molar-refractivity contribution in [1.29, 1.82) is 0 Å². The Bertz CT molecular complexity index is 1260. The molecule has 0 aliphatic carbocycles. The van der Waals surface area contributed by atoms with Gasteiger partial charge in [-0.2, -0.15) is 0 Å². The van der Waals surface area contributed by atoms with Gasteiger partial charge in [-0.25, -0.2) is 0 Å². The van der Waals surface area contributed by atoms with Crippen LogP contribution in [-0.4, -0.2) is 4.98 Å². The number of ether oxygens (including phenoxy) is 1. The molecule has 0 saturated carbocycles. The Morgan fingerprint density at radius 1 is 0.893 bits per heavy atom. The number of aryl methyl sites for hydroxylation is 2. The Morgan fingerprint density at radius 2 is 1.71 bits per heavy atom. The molecule has 0 N–H and O–H groups in total. The smallest absolute Gasteiger partial charge is 0.161 e. The van der Waals surface area contributed by atoms with Gasteiger partial charge in [-0.15, -0.1) is 0 Å². The van der Waals surface area contributed by atoms with Gasteiger partial charge in [0, 0.05) is 27.9 Å². The van der Waals surface area contributed by atoms with Crippen molar-refractivity contribution in [2.75, 3.05) is 0 Å². The van der Waals surface area contributed by atoms with Crippen molar-refractivity contribution in [1.82, 2.24) is 4.98 Å². The molecule has 2 nitrogen and oxygen atoms in total. The van der Waals surface area contributed by atoms with Crippen molar-refractivity contribution < 1.29 is 4.74 Å². The number of pyridine rings is 1. The van der Waals surface area contributed by atoms with Crippen LogP contribution < -0.4 is 4.74 Å². The van der Waals surface area contributed by atoms with E-state index in [4.69, 9.17) is 9.72 Å². The molecule has 0 fully saturated rings. The van der Waals surface area contributed by atoms with Crippen molar-refractivity contribution in [2.24, 2.45) is 5.41 Å². The second-order valence-electron chi connectivity index (χ2n) is 9.26. The van der Waals surface area contributed by atoms with Crippen molar-refractivity contribution in [3.63, 3.8) is 0 Å². The SMILES string of the molecule is Cc1cc(CC(C)(C)C)cc2c3c(ncc12)-c1ccc(C)c2cccc(c12)O3. The number of aromatic nitrogens is 1. The molecule has 5 rings (SSSR count). The second-order valence-corrected chi connectivity index (χ2v) is 9.26.